The fourth-order valence-electron chi connectivity index (χ4n) is 2.38. The molecule has 0 aliphatic heterocycles. The first kappa shape index (κ1) is 14.1. The first-order valence-electron chi connectivity index (χ1n) is 6.58. The molecule has 1 unspecified atom stereocenters. The van der Waals surface area contributed by atoms with Crippen molar-refractivity contribution in [2.24, 2.45) is 0 Å². The van der Waals surface area contributed by atoms with Gasteiger partial charge in [-0.1, -0.05) is 0 Å². The van der Waals surface area contributed by atoms with Gasteiger partial charge in [0, 0.05) is 19.0 Å². The highest BCUT2D eigenvalue weighted by Gasteiger charge is 2.18. The van der Waals surface area contributed by atoms with Crippen molar-refractivity contribution in [1.29, 1.82) is 0 Å². The zero-order valence-corrected chi connectivity index (χ0v) is 12.1. The lowest BCUT2D eigenvalue weighted by Crippen LogP contribution is -2.06. The summed E-state index contributed by atoms with van der Waals surface area (Å²) in [5.74, 6) is -0.00198. The van der Waals surface area contributed by atoms with Crippen LogP contribution in [-0.4, -0.2) is 9.55 Å². The average molecular weight is 311 g/mol. The van der Waals surface area contributed by atoms with E-state index in [0.717, 1.165) is 11.8 Å². The molecule has 1 atom stereocenters. The summed E-state index contributed by atoms with van der Waals surface area (Å²) in [6, 6.07) is 5.75. The van der Waals surface area contributed by atoms with Crippen LogP contribution in [0.15, 0.2) is 34.9 Å². The SMILES string of the molecule is CC(Cl)c1nc2c(F)cc(F)cc2n1CCc1ccco1. The summed E-state index contributed by atoms with van der Waals surface area (Å²) >= 11 is 6.11. The van der Waals surface area contributed by atoms with E-state index in [1.807, 2.05) is 6.07 Å². The fourth-order valence-corrected chi connectivity index (χ4v) is 2.55. The molecule has 3 aromatic rings. The lowest BCUT2D eigenvalue weighted by molar-refractivity contribution is 0.490. The number of aryl methyl sites for hydroxylation is 2. The molecule has 0 aliphatic rings. The molecule has 0 spiro atoms. The van der Waals surface area contributed by atoms with E-state index in [-0.39, 0.29) is 5.52 Å². The summed E-state index contributed by atoms with van der Waals surface area (Å²) in [6.45, 7) is 2.24. The third kappa shape index (κ3) is 2.65. The quantitative estimate of drug-likeness (QED) is 0.667. The molecule has 3 rings (SSSR count). The second-order valence-corrected chi connectivity index (χ2v) is 5.48. The molecular formula is C15H13ClF2N2O. The van der Waals surface area contributed by atoms with E-state index >= 15 is 0 Å². The monoisotopic (exact) mass is 310 g/mol. The van der Waals surface area contributed by atoms with Crippen LogP contribution in [0.1, 0.15) is 23.9 Å². The fraction of sp³-hybridized carbons (Fsp3) is 0.267. The summed E-state index contributed by atoms with van der Waals surface area (Å²) in [5, 5.41) is -0.406. The lowest BCUT2D eigenvalue weighted by Gasteiger charge is -2.09. The minimum Gasteiger partial charge on any atom is -0.469 e. The van der Waals surface area contributed by atoms with Crippen molar-refractivity contribution in [3.63, 3.8) is 0 Å². The molecule has 1 aromatic carbocycles. The van der Waals surface area contributed by atoms with Gasteiger partial charge < -0.3 is 8.98 Å². The number of nitrogens with zero attached hydrogens (tertiary/aromatic N) is 2. The van der Waals surface area contributed by atoms with Crippen LogP contribution in [0.4, 0.5) is 8.78 Å². The van der Waals surface area contributed by atoms with Crippen LogP contribution in [0.25, 0.3) is 11.0 Å². The Hall–Kier alpha value is -1.88. The van der Waals surface area contributed by atoms with Crippen LogP contribution < -0.4 is 0 Å². The molecule has 3 nitrogen and oxygen atoms in total. The summed E-state index contributed by atoms with van der Waals surface area (Å²) in [4.78, 5) is 4.21. The Morgan fingerprint density at radius 3 is 2.86 bits per heavy atom. The third-order valence-electron chi connectivity index (χ3n) is 3.32. The number of halogens is 3. The van der Waals surface area contributed by atoms with E-state index in [0.29, 0.717) is 24.3 Å². The predicted octanol–water partition coefficient (Wildman–Crippen LogP) is 4.45. The lowest BCUT2D eigenvalue weighted by atomic mass is 10.2. The zero-order chi connectivity index (χ0) is 15.0. The Morgan fingerprint density at radius 1 is 1.38 bits per heavy atom. The van der Waals surface area contributed by atoms with Gasteiger partial charge in [0.1, 0.15) is 22.9 Å². The molecule has 110 valence electrons. The molecule has 0 saturated carbocycles. The number of rotatable bonds is 4. The predicted molar refractivity (Wildman–Crippen MR) is 76.3 cm³/mol. The van der Waals surface area contributed by atoms with Crippen molar-refractivity contribution in [2.75, 3.05) is 0 Å². The third-order valence-corrected chi connectivity index (χ3v) is 3.51. The zero-order valence-electron chi connectivity index (χ0n) is 11.3. The van der Waals surface area contributed by atoms with E-state index in [4.69, 9.17) is 16.0 Å². The topological polar surface area (TPSA) is 31.0 Å². The molecule has 0 saturated heterocycles. The minimum absolute atomic E-state index is 0.137. The Morgan fingerprint density at radius 2 is 2.19 bits per heavy atom. The molecule has 0 fully saturated rings. The van der Waals surface area contributed by atoms with Crippen LogP contribution in [0.3, 0.4) is 0 Å². The van der Waals surface area contributed by atoms with E-state index in [1.54, 1.807) is 23.8 Å². The van der Waals surface area contributed by atoms with Crippen molar-refractivity contribution >= 4 is 22.6 Å². The second-order valence-electron chi connectivity index (χ2n) is 4.82. The van der Waals surface area contributed by atoms with Gasteiger partial charge in [-0.2, -0.15) is 0 Å². The Bertz CT molecular complexity index is 766. The summed E-state index contributed by atoms with van der Waals surface area (Å²) in [7, 11) is 0. The Kier molecular flexibility index (Phi) is 3.68. The highest BCUT2D eigenvalue weighted by atomic mass is 35.5. The number of furan rings is 1. The van der Waals surface area contributed by atoms with E-state index in [2.05, 4.69) is 4.98 Å². The van der Waals surface area contributed by atoms with Gasteiger partial charge in [-0.05, 0) is 25.1 Å². The van der Waals surface area contributed by atoms with Gasteiger partial charge >= 0.3 is 0 Å². The molecule has 0 bridgehead atoms. The van der Waals surface area contributed by atoms with Crippen LogP contribution in [0.2, 0.25) is 0 Å². The Balaban J connectivity index is 2.07. The maximum atomic E-state index is 13.8. The minimum atomic E-state index is -0.680. The van der Waals surface area contributed by atoms with Gasteiger partial charge in [-0.15, -0.1) is 11.6 Å². The van der Waals surface area contributed by atoms with Crippen molar-refractivity contribution < 1.29 is 13.2 Å². The van der Waals surface area contributed by atoms with E-state index in [9.17, 15) is 8.78 Å². The molecule has 2 aromatic heterocycles. The van der Waals surface area contributed by atoms with Gasteiger partial charge in [-0.3, -0.25) is 0 Å². The summed E-state index contributed by atoms with van der Waals surface area (Å²) < 4.78 is 34.3. The molecule has 2 heterocycles. The highest BCUT2D eigenvalue weighted by Crippen LogP contribution is 2.27. The van der Waals surface area contributed by atoms with Gasteiger partial charge in [0.25, 0.3) is 0 Å². The second kappa shape index (κ2) is 5.48. The van der Waals surface area contributed by atoms with Gasteiger partial charge in [0.15, 0.2) is 5.82 Å². The van der Waals surface area contributed by atoms with Gasteiger partial charge in [0.05, 0.1) is 17.2 Å². The first-order chi connectivity index (χ1) is 10.1. The number of aromatic nitrogens is 2. The number of hydrogen-bond donors (Lipinski definition) is 0. The number of imidazole rings is 1. The largest absolute Gasteiger partial charge is 0.469 e. The van der Waals surface area contributed by atoms with Crippen molar-refractivity contribution in [3.8, 4) is 0 Å². The average Bonchev–Trinajstić information content (AvgIpc) is 3.03. The summed E-state index contributed by atoms with van der Waals surface area (Å²) in [5.41, 5.74) is 0.542. The molecule has 6 heteroatoms. The number of benzene rings is 1. The molecule has 0 radical (unpaired) electrons. The standard InChI is InChI=1S/C15H13ClF2N2O/c1-9(16)15-19-14-12(18)7-10(17)8-13(14)20(15)5-4-11-3-2-6-21-11/h2-3,6-9H,4-5H2,1H3. The molecule has 0 amide bonds. The highest BCUT2D eigenvalue weighted by molar-refractivity contribution is 6.20. The maximum Gasteiger partial charge on any atom is 0.153 e. The van der Waals surface area contributed by atoms with Crippen LogP contribution >= 0.6 is 11.6 Å². The molecule has 0 aliphatic carbocycles. The van der Waals surface area contributed by atoms with Crippen molar-refractivity contribution in [1.82, 2.24) is 9.55 Å². The van der Waals surface area contributed by atoms with Crippen LogP contribution in [0.5, 0.6) is 0 Å². The molecule has 21 heavy (non-hydrogen) atoms. The van der Waals surface area contributed by atoms with Gasteiger partial charge in [-0.25, -0.2) is 13.8 Å². The van der Waals surface area contributed by atoms with E-state index < -0.39 is 17.0 Å². The number of fused-ring (bicyclic) bond motifs is 1. The first-order valence-corrected chi connectivity index (χ1v) is 7.01. The molecule has 0 N–H and O–H groups in total. The summed E-state index contributed by atoms with van der Waals surface area (Å²) in [6.07, 6.45) is 2.18. The number of alkyl halides is 1. The normalized spacial score (nSPS) is 13.0. The maximum absolute atomic E-state index is 13.8. The van der Waals surface area contributed by atoms with Crippen molar-refractivity contribution in [3.05, 3.63) is 53.7 Å². The van der Waals surface area contributed by atoms with Crippen molar-refractivity contribution in [2.45, 2.75) is 25.3 Å². The van der Waals surface area contributed by atoms with Gasteiger partial charge in [0.2, 0.25) is 0 Å². The van der Waals surface area contributed by atoms with E-state index in [1.165, 1.54) is 6.07 Å². The van der Waals surface area contributed by atoms with Crippen LogP contribution in [0, 0.1) is 11.6 Å². The smallest absolute Gasteiger partial charge is 0.153 e. The van der Waals surface area contributed by atoms with Crippen LogP contribution in [-0.2, 0) is 13.0 Å². The number of hydrogen-bond acceptors (Lipinski definition) is 2. The Labute approximate surface area is 125 Å². The molecular weight excluding hydrogens is 298 g/mol.